The smallest absolute Gasteiger partial charge is 0.303 e. The average molecular weight is 560 g/mol. The number of ether oxygens (including phenoxy) is 2. The third kappa shape index (κ3) is 3.74. The van der Waals surface area contributed by atoms with Crippen molar-refractivity contribution in [2.75, 3.05) is 11.5 Å². The first-order valence-electron chi connectivity index (χ1n) is 13.1. The number of fused-ring (bicyclic) bond motifs is 5. The Kier molecular flexibility index (Phi) is 5.90. The highest BCUT2D eigenvalue weighted by atomic mass is 32.1. The van der Waals surface area contributed by atoms with E-state index in [1.165, 1.54) is 23.4 Å². The lowest BCUT2D eigenvalue weighted by Gasteiger charge is -2.47. The van der Waals surface area contributed by atoms with Crippen molar-refractivity contribution in [2.24, 2.45) is 17.8 Å². The van der Waals surface area contributed by atoms with E-state index >= 15 is 0 Å². The molecule has 3 aromatic rings. The minimum atomic E-state index is -1.14. The summed E-state index contributed by atoms with van der Waals surface area (Å²) in [7, 11) is 0. The summed E-state index contributed by atoms with van der Waals surface area (Å²) in [4.78, 5) is 46.0. The molecule has 1 aromatic carbocycles. The number of aliphatic hydroxyl groups excluding tert-OH is 1. The Hall–Kier alpha value is -4.16. The lowest BCUT2D eigenvalue weighted by Crippen LogP contribution is -2.51. The highest BCUT2D eigenvalue weighted by Crippen LogP contribution is 2.56. The second-order valence-corrected chi connectivity index (χ2v) is 11.0. The number of benzene rings is 1. The van der Waals surface area contributed by atoms with Gasteiger partial charge in [0.05, 0.1) is 36.5 Å². The molecule has 0 saturated carbocycles. The summed E-state index contributed by atoms with van der Waals surface area (Å²) in [5, 5.41) is 17.1. The number of esters is 1. The average Bonchev–Trinajstić information content (AvgIpc) is 3.72. The highest BCUT2D eigenvalue weighted by Gasteiger charge is 2.62. The number of aliphatic hydroxyl groups is 1. The topological polar surface area (TPSA) is 137 Å². The molecule has 1 fully saturated rings. The maximum atomic E-state index is 14.3. The molecule has 0 spiro atoms. The van der Waals surface area contributed by atoms with Gasteiger partial charge in [0.1, 0.15) is 17.6 Å². The molecule has 2 amide bonds. The van der Waals surface area contributed by atoms with Gasteiger partial charge in [-0.05, 0) is 53.7 Å². The van der Waals surface area contributed by atoms with Crippen LogP contribution < -0.4 is 4.90 Å². The minimum absolute atomic E-state index is 0.310. The molecule has 0 radical (unpaired) electrons. The molecule has 0 bridgehead atoms. The van der Waals surface area contributed by atoms with Crippen molar-refractivity contribution in [3.8, 4) is 11.3 Å². The van der Waals surface area contributed by atoms with E-state index in [0.29, 0.717) is 35.7 Å². The summed E-state index contributed by atoms with van der Waals surface area (Å²) in [5.41, 5.74) is 3.46. The number of imidazole rings is 1. The van der Waals surface area contributed by atoms with Gasteiger partial charge in [-0.25, -0.2) is 9.88 Å². The van der Waals surface area contributed by atoms with Crippen molar-refractivity contribution in [3.05, 3.63) is 71.3 Å². The van der Waals surface area contributed by atoms with Gasteiger partial charge >= 0.3 is 5.97 Å². The Morgan fingerprint density at radius 1 is 1.18 bits per heavy atom. The molecule has 2 aliphatic carbocycles. The molecule has 40 heavy (non-hydrogen) atoms. The van der Waals surface area contributed by atoms with Crippen molar-refractivity contribution in [3.63, 3.8) is 0 Å². The van der Waals surface area contributed by atoms with Crippen molar-refractivity contribution < 1.29 is 29.0 Å². The van der Waals surface area contributed by atoms with E-state index < -0.39 is 42.0 Å². The number of hydrogen-bond acceptors (Lipinski definition) is 10. The van der Waals surface area contributed by atoms with E-state index in [0.717, 1.165) is 17.6 Å². The van der Waals surface area contributed by atoms with Gasteiger partial charge in [-0.3, -0.25) is 14.4 Å². The summed E-state index contributed by atoms with van der Waals surface area (Å²) in [6, 6.07) is 6.42. The van der Waals surface area contributed by atoms with Crippen molar-refractivity contribution in [2.45, 2.75) is 38.0 Å². The standard InChI is InChI=1S/C28H25N5O6S/c1-14(34)39-26-20(35)11-18-21(24(26)32-9-8-29-13-32)23-22(17-3-2-10-38-25(17)18)27(36)33(28(23)37)16-6-4-15(5-7-16)19-12-40-31-30-19/h4-9,11-13,20-24,26,35H,2-3,10H2,1H3/t20-,21+,22-,23+,24+,26+/m1/s1. The number of amides is 2. The number of rotatable bonds is 4. The summed E-state index contributed by atoms with van der Waals surface area (Å²) >= 11 is 1.24. The van der Waals surface area contributed by atoms with Crippen LogP contribution >= 0.6 is 11.5 Å². The molecule has 4 aliphatic rings. The Morgan fingerprint density at radius 2 is 2.00 bits per heavy atom. The lowest BCUT2D eigenvalue weighted by molar-refractivity contribution is -0.157. The molecular weight excluding hydrogens is 534 g/mol. The van der Waals surface area contributed by atoms with Crippen LogP contribution in [-0.4, -0.2) is 60.8 Å². The van der Waals surface area contributed by atoms with Crippen molar-refractivity contribution >= 4 is 35.0 Å². The van der Waals surface area contributed by atoms with Crippen LogP contribution in [0.2, 0.25) is 0 Å². The van der Waals surface area contributed by atoms with E-state index in [9.17, 15) is 19.5 Å². The number of carbonyl (C=O) groups is 3. The first kappa shape index (κ1) is 24.9. The van der Waals surface area contributed by atoms with E-state index in [4.69, 9.17) is 9.47 Å². The van der Waals surface area contributed by atoms with Crippen molar-refractivity contribution in [1.82, 2.24) is 19.1 Å². The van der Waals surface area contributed by atoms with Crippen LogP contribution in [-0.2, 0) is 23.9 Å². The van der Waals surface area contributed by atoms with Gasteiger partial charge in [-0.15, -0.1) is 5.10 Å². The van der Waals surface area contributed by atoms with Crippen LogP contribution in [0.4, 0.5) is 5.69 Å². The third-order valence-corrected chi connectivity index (χ3v) is 8.71. The molecule has 2 aromatic heterocycles. The van der Waals surface area contributed by atoms with Gasteiger partial charge in [-0.2, -0.15) is 0 Å². The van der Waals surface area contributed by atoms with Gasteiger partial charge in [0.2, 0.25) is 11.8 Å². The molecule has 1 saturated heterocycles. The second-order valence-electron chi connectivity index (χ2n) is 10.4. The summed E-state index contributed by atoms with van der Waals surface area (Å²) in [6.45, 7) is 1.75. The zero-order valence-electron chi connectivity index (χ0n) is 21.4. The first-order chi connectivity index (χ1) is 19.4. The van der Waals surface area contributed by atoms with Crippen LogP contribution in [0.25, 0.3) is 11.3 Å². The minimum Gasteiger partial charge on any atom is -0.493 e. The fourth-order valence-corrected chi connectivity index (χ4v) is 7.16. The predicted octanol–water partition coefficient (Wildman–Crippen LogP) is 2.68. The quantitative estimate of drug-likeness (QED) is 0.378. The molecule has 2 aliphatic heterocycles. The van der Waals surface area contributed by atoms with Gasteiger partial charge in [0.25, 0.3) is 0 Å². The molecule has 6 atom stereocenters. The van der Waals surface area contributed by atoms with E-state index in [2.05, 4.69) is 14.6 Å². The Balaban J connectivity index is 1.36. The zero-order valence-corrected chi connectivity index (χ0v) is 22.2. The number of hydrogen-bond donors (Lipinski definition) is 1. The third-order valence-electron chi connectivity index (χ3n) is 8.21. The van der Waals surface area contributed by atoms with Crippen LogP contribution in [0.15, 0.2) is 71.3 Å². The second kappa shape index (κ2) is 9.49. The lowest BCUT2D eigenvalue weighted by atomic mass is 9.62. The number of carbonyl (C=O) groups excluding carboxylic acids is 3. The normalized spacial score (nSPS) is 29.4. The summed E-state index contributed by atoms with van der Waals surface area (Å²) in [6.07, 6.45) is 5.70. The molecule has 1 N–H and O–H groups in total. The van der Waals surface area contributed by atoms with Gasteiger partial charge in [0.15, 0.2) is 6.10 Å². The Morgan fingerprint density at radius 3 is 2.70 bits per heavy atom. The van der Waals surface area contributed by atoms with Crippen LogP contribution in [0.3, 0.4) is 0 Å². The van der Waals surface area contributed by atoms with Crippen LogP contribution in [0, 0.1) is 17.8 Å². The number of nitrogens with zero attached hydrogens (tertiary/aromatic N) is 5. The van der Waals surface area contributed by atoms with Crippen LogP contribution in [0.5, 0.6) is 0 Å². The largest absolute Gasteiger partial charge is 0.493 e. The molecule has 12 heteroatoms. The number of anilines is 1. The maximum Gasteiger partial charge on any atom is 0.303 e. The number of aromatic nitrogens is 4. The first-order valence-corrected chi connectivity index (χ1v) is 13.9. The summed E-state index contributed by atoms with van der Waals surface area (Å²) < 4.78 is 17.4. The van der Waals surface area contributed by atoms with E-state index in [1.807, 2.05) is 17.5 Å². The number of allylic oxidation sites excluding steroid dienone is 1. The predicted molar refractivity (Wildman–Crippen MR) is 141 cm³/mol. The van der Waals surface area contributed by atoms with Gasteiger partial charge in [-0.1, -0.05) is 16.6 Å². The monoisotopic (exact) mass is 559 g/mol. The Bertz CT molecular complexity index is 1550. The van der Waals surface area contributed by atoms with E-state index in [-0.39, 0.29) is 11.8 Å². The molecule has 7 rings (SSSR count). The SMILES string of the molecule is CC(=O)O[C@@H]1[C@@H](n2ccnc2)[C@H]2C(=C[C@H]1O)C1=C(CCCO1)[C@H]1C(=O)N(c3ccc(-c4csnn4)cc3)C(=O)[C@H]12. The fraction of sp³-hybridized carbons (Fsp3) is 0.357. The van der Waals surface area contributed by atoms with E-state index in [1.54, 1.807) is 41.5 Å². The molecule has 4 heterocycles. The van der Waals surface area contributed by atoms with Gasteiger partial charge < -0.3 is 19.1 Å². The number of imide groups is 1. The van der Waals surface area contributed by atoms with Crippen LogP contribution in [0.1, 0.15) is 25.8 Å². The summed E-state index contributed by atoms with van der Waals surface area (Å²) in [5.74, 6) is -2.75. The molecule has 204 valence electrons. The molecular formula is C28H25N5O6S. The molecule has 0 unspecified atom stereocenters. The maximum absolute atomic E-state index is 14.3. The van der Waals surface area contributed by atoms with Crippen molar-refractivity contribution in [1.29, 1.82) is 0 Å². The highest BCUT2D eigenvalue weighted by molar-refractivity contribution is 7.03. The fourth-order valence-electron chi connectivity index (χ4n) is 6.70. The Labute approximate surface area is 232 Å². The molecule has 11 nitrogen and oxygen atoms in total. The van der Waals surface area contributed by atoms with Gasteiger partial charge in [0, 0.05) is 36.2 Å². The zero-order chi connectivity index (χ0) is 27.5.